The third-order valence-corrected chi connectivity index (χ3v) is 7.25. The first-order valence-electron chi connectivity index (χ1n) is 9.46. The van der Waals surface area contributed by atoms with E-state index in [1.165, 1.54) is 35.2 Å². The number of fused-ring (bicyclic) bond motifs is 2. The van der Waals surface area contributed by atoms with Crippen molar-refractivity contribution in [2.45, 2.75) is 60.4 Å². The first kappa shape index (κ1) is 18.5. The normalized spacial score (nSPS) is 29.7. The summed E-state index contributed by atoms with van der Waals surface area (Å²) in [6.07, 6.45) is 9.64. The molecule has 4 atom stereocenters. The van der Waals surface area contributed by atoms with Crippen LogP contribution in [0.5, 0.6) is 0 Å². The molecule has 3 fully saturated rings. The fourth-order valence-corrected chi connectivity index (χ4v) is 5.79. The van der Waals surface area contributed by atoms with Crippen LogP contribution in [0.4, 0.5) is 0 Å². The van der Waals surface area contributed by atoms with E-state index in [1.807, 2.05) is 0 Å². The second kappa shape index (κ2) is 6.16. The maximum Gasteiger partial charge on any atom is 0.249 e. The maximum absolute atomic E-state index is 2.48. The number of aromatic nitrogens is 2. The molecule has 25 heavy (non-hydrogen) atoms. The minimum atomic E-state index is 0. The van der Waals surface area contributed by atoms with Crippen molar-refractivity contribution in [3.63, 3.8) is 0 Å². The van der Waals surface area contributed by atoms with Crippen molar-refractivity contribution in [1.29, 1.82) is 0 Å². The fourth-order valence-electron chi connectivity index (χ4n) is 5.79. The van der Waals surface area contributed by atoms with Crippen LogP contribution in [-0.4, -0.2) is 4.57 Å². The number of benzene rings is 1. The summed E-state index contributed by atoms with van der Waals surface area (Å²) in [6, 6.07) is 5.23. The predicted octanol–water partition coefficient (Wildman–Crippen LogP) is 1.94. The zero-order chi connectivity index (χ0) is 17.2. The number of nitrogens with zero attached hydrogens (tertiary/aromatic N) is 2. The van der Waals surface area contributed by atoms with Crippen molar-refractivity contribution in [3.05, 3.63) is 47.5 Å². The highest BCUT2D eigenvalue weighted by Crippen LogP contribution is 2.63. The molecule has 0 amide bonds. The van der Waals surface area contributed by atoms with Crippen molar-refractivity contribution >= 4 is 0 Å². The molecule has 0 saturated heterocycles. The van der Waals surface area contributed by atoms with Gasteiger partial charge in [-0.2, -0.15) is 0 Å². The van der Waals surface area contributed by atoms with Crippen LogP contribution in [0.25, 0.3) is 5.69 Å². The Morgan fingerprint density at radius 3 is 2.28 bits per heavy atom. The van der Waals surface area contributed by atoms with Gasteiger partial charge >= 0.3 is 0 Å². The lowest BCUT2D eigenvalue weighted by molar-refractivity contribution is -0.737. The van der Waals surface area contributed by atoms with Crippen molar-refractivity contribution in [2.24, 2.45) is 23.2 Å². The van der Waals surface area contributed by atoms with Crippen LogP contribution in [0, 0.1) is 43.9 Å². The van der Waals surface area contributed by atoms with E-state index in [0.29, 0.717) is 11.5 Å². The van der Waals surface area contributed by atoms with Crippen LogP contribution in [0.1, 0.15) is 56.3 Å². The van der Waals surface area contributed by atoms with Gasteiger partial charge in [0.2, 0.25) is 6.33 Å². The molecule has 0 aliphatic heterocycles. The van der Waals surface area contributed by atoms with Crippen LogP contribution in [-0.2, 0) is 0 Å². The Morgan fingerprint density at radius 2 is 1.72 bits per heavy atom. The molecule has 0 spiro atoms. The molecular weight excluding hydrogens is 328 g/mol. The summed E-state index contributed by atoms with van der Waals surface area (Å²) in [4.78, 5) is 0. The first-order chi connectivity index (χ1) is 11.3. The van der Waals surface area contributed by atoms with Gasteiger partial charge in [-0.25, -0.2) is 9.13 Å². The lowest BCUT2D eigenvalue weighted by atomic mass is 9.44. The van der Waals surface area contributed by atoms with Gasteiger partial charge in [-0.3, -0.25) is 0 Å². The van der Waals surface area contributed by atoms with Gasteiger partial charge in [0, 0.05) is 5.92 Å². The van der Waals surface area contributed by atoms with E-state index < -0.39 is 0 Å². The molecule has 2 bridgehead atoms. The quantitative estimate of drug-likeness (QED) is 0.725. The highest BCUT2D eigenvalue weighted by Gasteiger charge is 2.57. The molecule has 136 valence electrons. The van der Waals surface area contributed by atoms with E-state index in [2.05, 4.69) is 81.5 Å². The summed E-state index contributed by atoms with van der Waals surface area (Å²) in [5.41, 5.74) is 5.96. The number of imidazole rings is 1. The molecule has 3 aliphatic rings. The maximum atomic E-state index is 2.48. The Labute approximate surface area is 158 Å². The third kappa shape index (κ3) is 2.73. The summed E-state index contributed by atoms with van der Waals surface area (Å²) in [5.74, 6) is 2.56. The van der Waals surface area contributed by atoms with Crippen molar-refractivity contribution in [2.75, 3.05) is 0 Å². The van der Waals surface area contributed by atoms with Gasteiger partial charge < -0.3 is 12.4 Å². The lowest BCUT2D eigenvalue weighted by Gasteiger charge is -2.61. The molecule has 2 nitrogen and oxygen atoms in total. The number of hydrogen-bond donors (Lipinski definition) is 0. The van der Waals surface area contributed by atoms with Gasteiger partial charge in [-0.15, -0.1) is 0 Å². The Balaban J connectivity index is 0.00000182. The van der Waals surface area contributed by atoms with Gasteiger partial charge in [-0.1, -0.05) is 38.5 Å². The minimum absolute atomic E-state index is 0. The molecule has 0 unspecified atom stereocenters. The minimum Gasteiger partial charge on any atom is -1.00 e. The summed E-state index contributed by atoms with van der Waals surface area (Å²) >= 11 is 0. The molecular formula is C22H31ClN2. The van der Waals surface area contributed by atoms with Crippen molar-refractivity contribution < 1.29 is 17.0 Å². The largest absolute Gasteiger partial charge is 1.00 e. The van der Waals surface area contributed by atoms with Crippen LogP contribution < -0.4 is 17.0 Å². The standard InChI is InChI=1S/C22H31N2.ClH/c1-14-9-15(2)21(16(3)10-14)24-8-7-23(13-24)20-12-18-11-19(17(20)4)22(18,5)6;/h7-10,13,17-20H,11-12H2,1-6H3;1H/q+1;/p-1/t17-,18+,19-,20-;/m1./s1. The van der Waals surface area contributed by atoms with E-state index in [1.54, 1.807) is 0 Å². The Morgan fingerprint density at radius 1 is 1.08 bits per heavy atom. The van der Waals surface area contributed by atoms with Gasteiger partial charge in [0.1, 0.15) is 24.1 Å². The highest BCUT2D eigenvalue weighted by atomic mass is 35.5. The summed E-state index contributed by atoms with van der Waals surface area (Å²) in [5, 5.41) is 0. The average molecular weight is 359 g/mol. The SMILES string of the molecule is Cc1cc(C)c(-n2cc[n+]([C@@H]3C[C@@H]4C[C@H]([C@H]3C)C4(C)C)c2)c(C)c1.[Cl-]. The van der Waals surface area contributed by atoms with Crippen LogP contribution in [0.15, 0.2) is 30.9 Å². The number of halogens is 1. The molecule has 1 aromatic heterocycles. The fraction of sp³-hybridized carbons (Fsp3) is 0.591. The van der Waals surface area contributed by atoms with Crippen molar-refractivity contribution in [3.8, 4) is 5.69 Å². The second-order valence-electron chi connectivity index (χ2n) is 9.04. The number of hydrogen-bond acceptors (Lipinski definition) is 0. The van der Waals surface area contributed by atoms with E-state index >= 15 is 0 Å². The van der Waals surface area contributed by atoms with Crippen LogP contribution >= 0.6 is 0 Å². The Hall–Kier alpha value is -1.28. The van der Waals surface area contributed by atoms with E-state index in [0.717, 1.165) is 17.8 Å². The van der Waals surface area contributed by atoms with Crippen LogP contribution in [0.2, 0.25) is 0 Å². The third-order valence-electron chi connectivity index (χ3n) is 7.25. The molecule has 1 heterocycles. The zero-order valence-corrected chi connectivity index (χ0v) is 17.1. The molecule has 3 saturated carbocycles. The average Bonchev–Trinajstić information content (AvgIpc) is 2.95. The summed E-state index contributed by atoms with van der Waals surface area (Å²) < 4.78 is 4.81. The van der Waals surface area contributed by atoms with E-state index in [4.69, 9.17) is 0 Å². The van der Waals surface area contributed by atoms with E-state index in [-0.39, 0.29) is 12.4 Å². The van der Waals surface area contributed by atoms with Crippen molar-refractivity contribution in [1.82, 2.24) is 4.57 Å². The molecule has 5 rings (SSSR count). The Bertz CT molecular complexity index is 766. The van der Waals surface area contributed by atoms with Gasteiger partial charge in [0.05, 0.1) is 0 Å². The van der Waals surface area contributed by atoms with Crippen LogP contribution in [0.3, 0.4) is 0 Å². The van der Waals surface area contributed by atoms with Gasteiger partial charge in [0.25, 0.3) is 0 Å². The Kier molecular flexibility index (Phi) is 4.56. The summed E-state index contributed by atoms with van der Waals surface area (Å²) in [6.45, 7) is 14.1. The van der Waals surface area contributed by atoms with E-state index in [9.17, 15) is 0 Å². The number of aryl methyl sites for hydroxylation is 3. The smallest absolute Gasteiger partial charge is 0.249 e. The predicted molar refractivity (Wildman–Crippen MR) is 98.4 cm³/mol. The molecule has 3 heteroatoms. The topological polar surface area (TPSA) is 8.81 Å². The molecule has 1 aromatic carbocycles. The second-order valence-corrected chi connectivity index (χ2v) is 9.04. The first-order valence-corrected chi connectivity index (χ1v) is 9.46. The summed E-state index contributed by atoms with van der Waals surface area (Å²) in [7, 11) is 0. The van der Waals surface area contributed by atoms with Gasteiger partial charge in [-0.05, 0) is 62.0 Å². The number of rotatable bonds is 2. The molecule has 3 aliphatic carbocycles. The lowest BCUT2D eigenvalue weighted by Crippen LogP contribution is -3.00. The van der Waals surface area contributed by atoms with Gasteiger partial charge in [0.15, 0.2) is 0 Å². The highest BCUT2D eigenvalue weighted by molar-refractivity contribution is 5.48. The molecule has 2 aromatic rings. The monoisotopic (exact) mass is 358 g/mol. The zero-order valence-electron chi connectivity index (χ0n) is 16.4. The molecule has 0 N–H and O–H groups in total. The molecule has 0 radical (unpaired) electrons.